The van der Waals surface area contributed by atoms with Gasteiger partial charge >= 0.3 is 5.97 Å². The van der Waals surface area contributed by atoms with Crippen LogP contribution in [-0.4, -0.2) is 35.1 Å². The second-order valence-electron chi connectivity index (χ2n) is 5.43. The van der Waals surface area contributed by atoms with Gasteiger partial charge in [-0.1, -0.05) is 20.3 Å². The van der Waals surface area contributed by atoms with Gasteiger partial charge in [-0.05, 0) is 38.6 Å². The number of amides is 1. The van der Waals surface area contributed by atoms with Crippen LogP contribution < -0.4 is 10.6 Å². The number of nitrogens with one attached hydrogen (secondary N) is 2. The minimum atomic E-state index is -1.16. The minimum absolute atomic E-state index is 0.194. The number of hydrogen-bond donors (Lipinski definition) is 3. The van der Waals surface area contributed by atoms with E-state index in [0.29, 0.717) is 6.42 Å². The van der Waals surface area contributed by atoms with E-state index in [1.54, 1.807) is 6.92 Å². The van der Waals surface area contributed by atoms with E-state index >= 15 is 0 Å². The summed E-state index contributed by atoms with van der Waals surface area (Å²) in [6.45, 7) is 6.33. The van der Waals surface area contributed by atoms with Gasteiger partial charge in [0.05, 0.1) is 6.04 Å². The minimum Gasteiger partial charge on any atom is -0.480 e. The molecular weight excluding hydrogens is 232 g/mol. The molecule has 3 atom stereocenters. The molecule has 0 radical (unpaired) electrons. The number of carboxylic acid groups (broad SMARTS) is 1. The highest BCUT2D eigenvalue weighted by Crippen LogP contribution is 2.18. The lowest BCUT2D eigenvalue weighted by Crippen LogP contribution is -2.59. The first-order valence-corrected chi connectivity index (χ1v) is 6.69. The van der Waals surface area contributed by atoms with Gasteiger partial charge in [0, 0.05) is 0 Å². The fraction of sp³-hybridized carbons (Fsp3) is 0.846. The van der Waals surface area contributed by atoms with Crippen LogP contribution in [0, 0.1) is 5.92 Å². The van der Waals surface area contributed by atoms with Crippen molar-refractivity contribution in [2.45, 2.75) is 58.0 Å². The summed E-state index contributed by atoms with van der Waals surface area (Å²) in [4.78, 5) is 23.4. The number of rotatable bonds is 5. The van der Waals surface area contributed by atoms with E-state index in [0.717, 1.165) is 25.8 Å². The molecule has 0 spiro atoms. The second kappa shape index (κ2) is 6.18. The van der Waals surface area contributed by atoms with Crippen LogP contribution >= 0.6 is 0 Å². The van der Waals surface area contributed by atoms with E-state index in [2.05, 4.69) is 10.6 Å². The molecule has 0 bridgehead atoms. The molecule has 1 amide bonds. The normalized spacial score (nSPS) is 27.3. The van der Waals surface area contributed by atoms with E-state index in [4.69, 9.17) is 0 Å². The number of carboxylic acids is 1. The summed E-state index contributed by atoms with van der Waals surface area (Å²) in [5.41, 5.74) is -1.16. The van der Waals surface area contributed by atoms with E-state index in [-0.39, 0.29) is 17.9 Å². The Morgan fingerprint density at radius 1 is 1.50 bits per heavy atom. The molecule has 1 heterocycles. The first-order chi connectivity index (χ1) is 8.40. The third-order valence-electron chi connectivity index (χ3n) is 3.67. The number of carbonyl (C=O) groups is 2. The third-order valence-corrected chi connectivity index (χ3v) is 3.67. The monoisotopic (exact) mass is 256 g/mol. The van der Waals surface area contributed by atoms with Crippen LogP contribution in [0.5, 0.6) is 0 Å². The van der Waals surface area contributed by atoms with Gasteiger partial charge in [-0.3, -0.25) is 4.79 Å². The Morgan fingerprint density at radius 2 is 2.17 bits per heavy atom. The smallest absolute Gasteiger partial charge is 0.329 e. The maximum Gasteiger partial charge on any atom is 0.329 e. The fourth-order valence-electron chi connectivity index (χ4n) is 2.47. The van der Waals surface area contributed by atoms with Gasteiger partial charge in [0.1, 0.15) is 5.54 Å². The average molecular weight is 256 g/mol. The fourth-order valence-corrected chi connectivity index (χ4v) is 2.47. The lowest BCUT2D eigenvalue weighted by molar-refractivity contribution is -0.147. The van der Waals surface area contributed by atoms with Crippen molar-refractivity contribution in [3.63, 3.8) is 0 Å². The van der Waals surface area contributed by atoms with Gasteiger partial charge in [-0.25, -0.2) is 4.79 Å². The zero-order valence-corrected chi connectivity index (χ0v) is 11.5. The zero-order valence-electron chi connectivity index (χ0n) is 11.5. The quantitative estimate of drug-likeness (QED) is 0.689. The van der Waals surface area contributed by atoms with Crippen LogP contribution in [0.25, 0.3) is 0 Å². The molecule has 104 valence electrons. The molecule has 1 fully saturated rings. The van der Waals surface area contributed by atoms with Crippen LogP contribution in [0.2, 0.25) is 0 Å². The molecule has 0 aromatic rings. The molecule has 1 rings (SSSR count). The molecule has 0 aromatic heterocycles. The Hall–Kier alpha value is -1.10. The van der Waals surface area contributed by atoms with Crippen LogP contribution in [-0.2, 0) is 9.59 Å². The largest absolute Gasteiger partial charge is 0.480 e. The lowest BCUT2D eigenvalue weighted by Gasteiger charge is -2.33. The molecule has 3 N–H and O–H groups in total. The van der Waals surface area contributed by atoms with Crippen LogP contribution in [0.3, 0.4) is 0 Å². The Morgan fingerprint density at radius 3 is 2.67 bits per heavy atom. The van der Waals surface area contributed by atoms with Crippen molar-refractivity contribution in [2.24, 2.45) is 5.92 Å². The van der Waals surface area contributed by atoms with Crippen LogP contribution in [0.1, 0.15) is 46.5 Å². The summed E-state index contributed by atoms with van der Waals surface area (Å²) in [6, 6.07) is -0.269. The molecule has 5 nitrogen and oxygen atoms in total. The van der Waals surface area contributed by atoms with Gasteiger partial charge in [-0.2, -0.15) is 0 Å². The van der Waals surface area contributed by atoms with Gasteiger partial charge in [0.25, 0.3) is 0 Å². The van der Waals surface area contributed by atoms with Crippen molar-refractivity contribution in [1.29, 1.82) is 0 Å². The molecule has 0 aromatic carbocycles. The van der Waals surface area contributed by atoms with Gasteiger partial charge in [0.15, 0.2) is 0 Å². The van der Waals surface area contributed by atoms with E-state index in [9.17, 15) is 14.7 Å². The highest BCUT2D eigenvalue weighted by Gasteiger charge is 2.37. The first kappa shape index (κ1) is 15.0. The van der Waals surface area contributed by atoms with Crippen molar-refractivity contribution in [2.75, 3.05) is 6.54 Å². The molecule has 0 aliphatic carbocycles. The second-order valence-corrected chi connectivity index (χ2v) is 5.43. The zero-order chi connectivity index (χ0) is 13.8. The highest BCUT2D eigenvalue weighted by atomic mass is 16.4. The van der Waals surface area contributed by atoms with Crippen molar-refractivity contribution < 1.29 is 14.7 Å². The molecule has 3 unspecified atom stereocenters. The molecule has 1 aliphatic heterocycles. The predicted molar refractivity (Wildman–Crippen MR) is 69.3 cm³/mol. The van der Waals surface area contributed by atoms with Crippen molar-refractivity contribution in [1.82, 2.24) is 10.6 Å². The molecular formula is C13H24N2O3. The number of piperidine rings is 1. The van der Waals surface area contributed by atoms with Crippen molar-refractivity contribution >= 4 is 11.9 Å². The molecule has 1 saturated heterocycles. The SMILES string of the molecule is CCCC(C)(NC(=O)C1NCCCC1C)C(=O)O. The van der Waals surface area contributed by atoms with Gasteiger partial charge in [-0.15, -0.1) is 0 Å². The van der Waals surface area contributed by atoms with Crippen molar-refractivity contribution in [3.8, 4) is 0 Å². The van der Waals surface area contributed by atoms with E-state index in [1.807, 2.05) is 13.8 Å². The molecule has 0 saturated carbocycles. The molecule has 1 aliphatic rings. The van der Waals surface area contributed by atoms with Gasteiger partial charge < -0.3 is 15.7 Å². The van der Waals surface area contributed by atoms with Gasteiger partial charge in [0.2, 0.25) is 5.91 Å². The Bertz CT molecular complexity index is 319. The Balaban J connectivity index is 2.68. The van der Waals surface area contributed by atoms with E-state index < -0.39 is 11.5 Å². The highest BCUT2D eigenvalue weighted by molar-refractivity contribution is 5.89. The summed E-state index contributed by atoms with van der Waals surface area (Å²) in [7, 11) is 0. The third kappa shape index (κ3) is 3.45. The predicted octanol–water partition coefficient (Wildman–Crippen LogP) is 1.13. The summed E-state index contributed by atoms with van der Waals surface area (Å²) in [6.07, 6.45) is 3.23. The number of carbonyl (C=O) groups excluding carboxylic acids is 1. The van der Waals surface area contributed by atoms with Crippen LogP contribution in [0.15, 0.2) is 0 Å². The standard InChI is InChI=1S/C13H24N2O3/c1-4-7-13(3,12(17)18)15-11(16)10-9(2)6-5-8-14-10/h9-10,14H,4-8H2,1-3H3,(H,15,16)(H,17,18). The van der Waals surface area contributed by atoms with E-state index in [1.165, 1.54) is 0 Å². The maximum atomic E-state index is 12.2. The topological polar surface area (TPSA) is 78.4 Å². The summed E-state index contributed by atoms with van der Waals surface area (Å²) in [5, 5.41) is 15.1. The summed E-state index contributed by atoms with van der Waals surface area (Å²) in [5.74, 6) is -0.917. The first-order valence-electron chi connectivity index (χ1n) is 6.69. The molecule has 5 heteroatoms. The molecule has 18 heavy (non-hydrogen) atoms. The lowest BCUT2D eigenvalue weighted by atomic mass is 9.90. The Labute approximate surface area is 108 Å². The Kier molecular flexibility index (Phi) is 5.14. The van der Waals surface area contributed by atoms with Crippen LogP contribution in [0.4, 0.5) is 0 Å². The van der Waals surface area contributed by atoms with Crippen molar-refractivity contribution in [3.05, 3.63) is 0 Å². The number of hydrogen-bond acceptors (Lipinski definition) is 3. The summed E-state index contributed by atoms with van der Waals surface area (Å²) >= 11 is 0. The average Bonchev–Trinajstić information content (AvgIpc) is 2.29. The maximum absolute atomic E-state index is 12.2. The number of aliphatic carboxylic acids is 1. The summed E-state index contributed by atoms with van der Waals surface area (Å²) < 4.78 is 0.